The molecule has 0 saturated carbocycles. The molecular formula is C14H10F4N2S. The molecule has 0 aromatic heterocycles. The maximum Gasteiger partial charge on any atom is 0.166 e. The number of amidine groups is 1. The first kappa shape index (κ1) is 15.4. The van der Waals surface area contributed by atoms with Gasteiger partial charge in [0, 0.05) is 17.8 Å². The fraction of sp³-hybridized carbons (Fsp3) is 0.0714. The Balaban J connectivity index is 2.26. The molecule has 2 nitrogen and oxygen atoms in total. The van der Waals surface area contributed by atoms with E-state index in [0.717, 1.165) is 30.0 Å². The zero-order chi connectivity index (χ0) is 15.4. The minimum absolute atomic E-state index is 0.0594. The van der Waals surface area contributed by atoms with Crippen LogP contribution in [0.5, 0.6) is 0 Å². The van der Waals surface area contributed by atoms with Crippen LogP contribution >= 0.6 is 11.8 Å². The molecule has 21 heavy (non-hydrogen) atoms. The number of nitrogens with zero attached hydrogens (tertiary/aromatic N) is 1. The summed E-state index contributed by atoms with van der Waals surface area (Å²) in [5.41, 5.74) is 0.209. The molecule has 1 N–H and O–H groups in total. The molecule has 0 aliphatic carbocycles. The summed E-state index contributed by atoms with van der Waals surface area (Å²) < 4.78 is 52.3. The molecule has 0 bridgehead atoms. The summed E-state index contributed by atoms with van der Waals surface area (Å²) in [6.07, 6.45) is 1.67. The second-order valence-corrected chi connectivity index (χ2v) is 4.77. The van der Waals surface area contributed by atoms with E-state index in [1.807, 2.05) is 0 Å². The Labute approximate surface area is 122 Å². The third-order valence-corrected chi connectivity index (χ3v) is 3.08. The maximum atomic E-state index is 13.5. The fourth-order valence-electron chi connectivity index (χ4n) is 1.50. The number of hydrogen-bond donors (Lipinski definition) is 1. The van der Waals surface area contributed by atoms with Crippen LogP contribution in [0.15, 0.2) is 41.4 Å². The monoisotopic (exact) mass is 314 g/mol. The van der Waals surface area contributed by atoms with Gasteiger partial charge in [0.2, 0.25) is 0 Å². The topological polar surface area (TPSA) is 24.4 Å². The number of halogens is 4. The predicted octanol–water partition coefficient (Wildman–Crippen LogP) is 4.71. The molecule has 0 unspecified atom stereocenters. The van der Waals surface area contributed by atoms with Gasteiger partial charge >= 0.3 is 0 Å². The van der Waals surface area contributed by atoms with Crippen molar-refractivity contribution in [2.24, 2.45) is 4.99 Å². The van der Waals surface area contributed by atoms with Gasteiger partial charge in [-0.1, -0.05) is 11.8 Å². The van der Waals surface area contributed by atoms with E-state index in [9.17, 15) is 17.6 Å². The van der Waals surface area contributed by atoms with Crippen molar-refractivity contribution in [1.29, 1.82) is 0 Å². The SMILES string of the molecule is CSC(=Nc1ccc(F)cc1F)Nc1ccc(F)c(F)c1. The van der Waals surface area contributed by atoms with Gasteiger partial charge in [-0.25, -0.2) is 22.6 Å². The smallest absolute Gasteiger partial charge is 0.166 e. The van der Waals surface area contributed by atoms with Crippen molar-refractivity contribution in [2.75, 3.05) is 11.6 Å². The summed E-state index contributed by atoms with van der Waals surface area (Å²) in [5, 5.41) is 2.99. The quantitative estimate of drug-likeness (QED) is 0.493. The van der Waals surface area contributed by atoms with Crippen LogP contribution in [0.1, 0.15) is 0 Å². The third kappa shape index (κ3) is 3.98. The Bertz CT molecular complexity index is 689. The van der Waals surface area contributed by atoms with Crippen LogP contribution < -0.4 is 5.32 Å². The summed E-state index contributed by atoms with van der Waals surface area (Å²) in [6, 6.07) is 6.24. The molecule has 0 radical (unpaired) electrons. The second-order valence-electron chi connectivity index (χ2n) is 3.97. The van der Waals surface area contributed by atoms with Gasteiger partial charge in [0.25, 0.3) is 0 Å². The van der Waals surface area contributed by atoms with E-state index in [-0.39, 0.29) is 16.5 Å². The lowest BCUT2D eigenvalue weighted by atomic mass is 10.3. The Morgan fingerprint density at radius 1 is 0.952 bits per heavy atom. The lowest BCUT2D eigenvalue weighted by Crippen LogP contribution is -2.07. The lowest BCUT2D eigenvalue weighted by Gasteiger charge is -2.08. The highest BCUT2D eigenvalue weighted by Gasteiger charge is 2.07. The van der Waals surface area contributed by atoms with Gasteiger partial charge in [0.15, 0.2) is 22.6 Å². The highest BCUT2D eigenvalue weighted by Crippen LogP contribution is 2.21. The van der Waals surface area contributed by atoms with E-state index >= 15 is 0 Å². The molecule has 0 fully saturated rings. The second kappa shape index (κ2) is 6.62. The summed E-state index contributed by atoms with van der Waals surface area (Å²) in [4.78, 5) is 3.98. The van der Waals surface area contributed by atoms with E-state index in [4.69, 9.17) is 0 Å². The Morgan fingerprint density at radius 3 is 2.33 bits per heavy atom. The molecule has 2 rings (SSSR count). The predicted molar refractivity (Wildman–Crippen MR) is 76.9 cm³/mol. The number of anilines is 1. The average Bonchev–Trinajstić information content (AvgIpc) is 2.44. The number of rotatable bonds is 2. The largest absolute Gasteiger partial charge is 0.335 e. The molecule has 2 aromatic rings. The van der Waals surface area contributed by atoms with Gasteiger partial charge in [0.1, 0.15) is 11.5 Å². The molecule has 110 valence electrons. The molecule has 0 aliphatic heterocycles. The molecule has 0 amide bonds. The number of hydrogen-bond acceptors (Lipinski definition) is 2. The first-order chi connectivity index (χ1) is 9.99. The molecule has 0 heterocycles. The van der Waals surface area contributed by atoms with E-state index in [1.54, 1.807) is 6.26 Å². The van der Waals surface area contributed by atoms with Crippen LogP contribution in [0.4, 0.5) is 28.9 Å². The zero-order valence-electron chi connectivity index (χ0n) is 10.8. The van der Waals surface area contributed by atoms with Crippen LogP contribution in [-0.2, 0) is 0 Å². The van der Waals surface area contributed by atoms with Gasteiger partial charge in [-0.2, -0.15) is 0 Å². The lowest BCUT2D eigenvalue weighted by molar-refractivity contribution is 0.509. The number of thioether (sulfide) groups is 1. The van der Waals surface area contributed by atoms with E-state index in [0.29, 0.717) is 6.07 Å². The van der Waals surface area contributed by atoms with E-state index in [1.165, 1.54) is 12.1 Å². The van der Waals surface area contributed by atoms with Crippen LogP contribution in [0.25, 0.3) is 0 Å². The van der Waals surface area contributed by atoms with Crippen LogP contribution in [0, 0.1) is 23.3 Å². The summed E-state index contributed by atoms with van der Waals surface area (Å²) >= 11 is 1.14. The number of benzene rings is 2. The normalized spacial score (nSPS) is 11.6. The van der Waals surface area contributed by atoms with Crippen molar-refractivity contribution in [3.63, 3.8) is 0 Å². The van der Waals surface area contributed by atoms with E-state index < -0.39 is 23.3 Å². The Hall–Kier alpha value is -2.02. The highest BCUT2D eigenvalue weighted by molar-refractivity contribution is 8.13. The molecule has 7 heteroatoms. The van der Waals surface area contributed by atoms with Crippen molar-refractivity contribution in [2.45, 2.75) is 0 Å². The van der Waals surface area contributed by atoms with Gasteiger partial charge in [-0.15, -0.1) is 0 Å². The van der Waals surface area contributed by atoms with Crippen LogP contribution in [0.2, 0.25) is 0 Å². The van der Waals surface area contributed by atoms with Crippen molar-refractivity contribution >= 4 is 28.3 Å². The summed E-state index contributed by atoms with van der Waals surface area (Å²) in [7, 11) is 0. The molecule has 0 saturated heterocycles. The minimum atomic E-state index is -1.01. The van der Waals surface area contributed by atoms with Crippen LogP contribution in [0.3, 0.4) is 0 Å². The van der Waals surface area contributed by atoms with Gasteiger partial charge < -0.3 is 5.32 Å². The van der Waals surface area contributed by atoms with Crippen molar-refractivity contribution in [1.82, 2.24) is 0 Å². The zero-order valence-corrected chi connectivity index (χ0v) is 11.6. The highest BCUT2D eigenvalue weighted by atomic mass is 32.2. The average molecular weight is 314 g/mol. The van der Waals surface area contributed by atoms with Crippen molar-refractivity contribution < 1.29 is 17.6 Å². The van der Waals surface area contributed by atoms with Crippen molar-refractivity contribution in [3.05, 3.63) is 59.7 Å². The van der Waals surface area contributed by atoms with Gasteiger partial charge in [0.05, 0.1) is 0 Å². The summed E-state index contributed by atoms with van der Waals surface area (Å²) in [5.74, 6) is -3.49. The molecule has 0 aliphatic rings. The first-order valence-corrected chi connectivity index (χ1v) is 7.02. The Kier molecular flexibility index (Phi) is 4.85. The number of aliphatic imine (C=N–C) groups is 1. The van der Waals surface area contributed by atoms with Gasteiger partial charge in [-0.05, 0) is 30.5 Å². The molecular weight excluding hydrogens is 304 g/mol. The summed E-state index contributed by atoms with van der Waals surface area (Å²) in [6.45, 7) is 0. The maximum absolute atomic E-state index is 13.5. The first-order valence-electron chi connectivity index (χ1n) is 5.79. The van der Waals surface area contributed by atoms with Crippen LogP contribution in [-0.4, -0.2) is 11.4 Å². The fourth-order valence-corrected chi connectivity index (χ4v) is 1.91. The standard InChI is InChI=1S/C14H10F4N2S/c1-21-14(19-9-3-4-10(16)11(17)7-9)20-13-5-2-8(15)6-12(13)18/h2-7H,1H3,(H,19,20). The van der Waals surface area contributed by atoms with E-state index in [2.05, 4.69) is 10.3 Å². The van der Waals surface area contributed by atoms with Gasteiger partial charge in [-0.3, -0.25) is 0 Å². The Morgan fingerprint density at radius 2 is 1.71 bits per heavy atom. The minimum Gasteiger partial charge on any atom is -0.335 e. The van der Waals surface area contributed by atoms with Crippen molar-refractivity contribution in [3.8, 4) is 0 Å². The molecule has 0 atom stereocenters. The molecule has 0 spiro atoms. The molecule has 2 aromatic carbocycles. The number of nitrogens with one attached hydrogen (secondary N) is 1. The third-order valence-electron chi connectivity index (χ3n) is 2.50.